The van der Waals surface area contributed by atoms with Crippen LogP contribution < -0.4 is 4.90 Å². The minimum Gasteiger partial charge on any atom is -0.274 e. The summed E-state index contributed by atoms with van der Waals surface area (Å²) < 4.78 is 0. The molecule has 2 aliphatic rings. The van der Waals surface area contributed by atoms with Gasteiger partial charge in [0.1, 0.15) is 0 Å². The van der Waals surface area contributed by atoms with Crippen molar-refractivity contribution in [3.63, 3.8) is 0 Å². The summed E-state index contributed by atoms with van der Waals surface area (Å²) in [6.45, 7) is 0. The molecule has 88 valence electrons. The van der Waals surface area contributed by atoms with E-state index < -0.39 is 0 Å². The Morgan fingerprint density at radius 1 is 1.00 bits per heavy atom. The van der Waals surface area contributed by atoms with E-state index >= 15 is 0 Å². The highest BCUT2D eigenvalue weighted by Crippen LogP contribution is 2.38. The number of aromatic nitrogens is 2. The Morgan fingerprint density at radius 3 is 2.06 bits per heavy atom. The highest BCUT2D eigenvalue weighted by atomic mass is 16.2. The summed E-state index contributed by atoms with van der Waals surface area (Å²) in [4.78, 5) is 33.5. The van der Waals surface area contributed by atoms with Crippen LogP contribution in [0.1, 0.15) is 25.7 Å². The van der Waals surface area contributed by atoms with E-state index in [9.17, 15) is 9.59 Å². The largest absolute Gasteiger partial charge is 0.274 e. The van der Waals surface area contributed by atoms with Gasteiger partial charge in [-0.15, -0.1) is 0 Å². The Bertz CT molecular complexity index is 436. The lowest BCUT2D eigenvalue weighted by molar-refractivity contribution is -0.122. The second kappa shape index (κ2) is 3.91. The van der Waals surface area contributed by atoms with E-state index in [1.54, 1.807) is 18.5 Å². The average Bonchev–Trinajstić information content (AvgIpc) is 2.64. The van der Waals surface area contributed by atoms with Gasteiger partial charge < -0.3 is 0 Å². The Kier molecular flexibility index (Phi) is 2.39. The van der Waals surface area contributed by atoms with Gasteiger partial charge in [0.2, 0.25) is 17.8 Å². The normalized spacial score (nSPS) is 28.4. The van der Waals surface area contributed by atoms with Crippen LogP contribution in [-0.2, 0) is 9.59 Å². The fourth-order valence-electron chi connectivity index (χ4n) is 2.77. The predicted molar refractivity (Wildman–Crippen MR) is 60.0 cm³/mol. The van der Waals surface area contributed by atoms with Crippen molar-refractivity contribution in [1.29, 1.82) is 0 Å². The molecule has 3 rings (SSSR count). The van der Waals surface area contributed by atoms with Crippen LogP contribution in [0.15, 0.2) is 18.5 Å². The first-order valence-corrected chi connectivity index (χ1v) is 5.94. The van der Waals surface area contributed by atoms with Gasteiger partial charge in [0.05, 0.1) is 11.8 Å². The van der Waals surface area contributed by atoms with E-state index in [0.717, 1.165) is 25.7 Å². The number of amides is 2. The van der Waals surface area contributed by atoms with Crippen molar-refractivity contribution in [2.75, 3.05) is 4.90 Å². The lowest BCUT2D eigenvalue weighted by Gasteiger charge is -2.19. The molecule has 0 bridgehead atoms. The first-order valence-electron chi connectivity index (χ1n) is 5.94. The Morgan fingerprint density at radius 2 is 1.53 bits per heavy atom. The molecule has 0 radical (unpaired) electrons. The minimum absolute atomic E-state index is 0.120. The van der Waals surface area contributed by atoms with E-state index in [-0.39, 0.29) is 29.6 Å². The summed E-state index contributed by atoms with van der Waals surface area (Å²) in [6.07, 6.45) is 6.79. The Balaban J connectivity index is 1.96. The Hall–Kier alpha value is -1.78. The molecule has 0 N–H and O–H groups in total. The fraction of sp³-hybridized carbons (Fsp3) is 0.500. The zero-order valence-corrected chi connectivity index (χ0v) is 9.37. The third kappa shape index (κ3) is 1.53. The highest BCUT2D eigenvalue weighted by molar-refractivity contribution is 6.21. The van der Waals surface area contributed by atoms with Crippen LogP contribution in [0.5, 0.6) is 0 Å². The highest BCUT2D eigenvalue weighted by Gasteiger charge is 2.49. The zero-order valence-electron chi connectivity index (χ0n) is 9.37. The van der Waals surface area contributed by atoms with Gasteiger partial charge in [-0.1, -0.05) is 12.8 Å². The number of fused-ring (bicyclic) bond motifs is 1. The molecule has 1 aliphatic heterocycles. The summed E-state index contributed by atoms with van der Waals surface area (Å²) in [6, 6.07) is 1.67. The zero-order chi connectivity index (χ0) is 11.8. The second-order valence-corrected chi connectivity index (χ2v) is 4.56. The van der Waals surface area contributed by atoms with E-state index in [4.69, 9.17) is 0 Å². The van der Waals surface area contributed by atoms with Crippen molar-refractivity contribution in [3.8, 4) is 0 Å². The molecule has 2 unspecified atom stereocenters. The standard InChI is InChI=1S/C12H13N3O2/c16-10-8-4-1-2-5-9(8)11(17)15(10)12-13-6-3-7-14-12/h3,6-9H,1-2,4-5H2. The lowest BCUT2D eigenvalue weighted by atomic mass is 9.81. The van der Waals surface area contributed by atoms with Gasteiger partial charge in [-0.2, -0.15) is 0 Å². The summed E-state index contributed by atoms with van der Waals surface area (Å²) in [5.41, 5.74) is 0. The van der Waals surface area contributed by atoms with Gasteiger partial charge in [-0.25, -0.2) is 14.9 Å². The molecule has 2 fully saturated rings. The van der Waals surface area contributed by atoms with Gasteiger partial charge in [-0.3, -0.25) is 9.59 Å². The number of carbonyl (C=O) groups is 2. The number of hydrogen-bond acceptors (Lipinski definition) is 4. The lowest BCUT2D eigenvalue weighted by Crippen LogP contribution is -2.32. The first kappa shape index (κ1) is 10.4. The number of rotatable bonds is 1. The molecule has 5 heteroatoms. The molecule has 1 aromatic rings. The number of hydrogen-bond donors (Lipinski definition) is 0. The van der Waals surface area contributed by atoms with Crippen LogP contribution in [0.2, 0.25) is 0 Å². The second-order valence-electron chi connectivity index (χ2n) is 4.56. The minimum atomic E-state index is -0.139. The van der Waals surface area contributed by atoms with Crippen LogP contribution >= 0.6 is 0 Å². The first-order chi connectivity index (χ1) is 8.29. The molecule has 2 amide bonds. The molecular weight excluding hydrogens is 218 g/mol. The molecule has 2 atom stereocenters. The SMILES string of the molecule is O=C1C2CCCCC2C(=O)N1c1ncccn1. The smallest absolute Gasteiger partial charge is 0.240 e. The maximum atomic E-state index is 12.2. The topological polar surface area (TPSA) is 63.2 Å². The van der Waals surface area contributed by atoms with Crippen LogP contribution in [0.3, 0.4) is 0 Å². The van der Waals surface area contributed by atoms with E-state index in [2.05, 4.69) is 9.97 Å². The van der Waals surface area contributed by atoms with Crippen LogP contribution in [0, 0.1) is 11.8 Å². The van der Waals surface area contributed by atoms with E-state index in [1.165, 1.54) is 4.90 Å². The quantitative estimate of drug-likeness (QED) is 0.680. The van der Waals surface area contributed by atoms with E-state index in [1.807, 2.05) is 0 Å². The third-order valence-corrected chi connectivity index (χ3v) is 3.59. The molecule has 1 aliphatic carbocycles. The fourth-order valence-corrected chi connectivity index (χ4v) is 2.77. The van der Waals surface area contributed by atoms with Crippen LogP contribution in [0.4, 0.5) is 5.95 Å². The average molecular weight is 231 g/mol. The number of nitrogens with zero attached hydrogens (tertiary/aromatic N) is 3. The monoisotopic (exact) mass is 231 g/mol. The van der Waals surface area contributed by atoms with Crippen molar-refractivity contribution in [2.45, 2.75) is 25.7 Å². The maximum absolute atomic E-state index is 12.2. The summed E-state index contributed by atoms with van der Waals surface area (Å²) in [7, 11) is 0. The molecule has 17 heavy (non-hydrogen) atoms. The molecule has 5 nitrogen and oxygen atoms in total. The molecule has 0 spiro atoms. The molecule has 1 saturated carbocycles. The van der Waals surface area contributed by atoms with Gasteiger partial charge in [0.25, 0.3) is 0 Å². The Labute approximate surface area is 98.9 Å². The van der Waals surface area contributed by atoms with Crippen molar-refractivity contribution < 1.29 is 9.59 Å². The molecule has 2 heterocycles. The molecular formula is C12H13N3O2. The molecule has 1 aromatic heterocycles. The van der Waals surface area contributed by atoms with Crippen molar-refractivity contribution >= 4 is 17.8 Å². The number of carbonyl (C=O) groups excluding carboxylic acids is 2. The van der Waals surface area contributed by atoms with Gasteiger partial charge in [0.15, 0.2) is 0 Å². The number of imide groups is 1. The predicted octanol–water partition coefficient (Wildman–Crippen LogP) is 1.16. The van der Waals surface area contributed by atoms with Gasteiger partial charge in [0, 0.05) is 12.4 Å². The number of anilines is 1. The van der Waals surface area contributed by atoms with Gasteiger partial charge in [-0.05, 0) is 18.9 Å². The van der Waals surface area contributed by atoms with E-state index in [0.29, 0.717) is 0 Å². The van der Waals surface area contributed by atoms with Crippen LogP contribution in [-0.4, -0.2) is 21.8 Å². The van der Waals surface area contributed by atoms with Crippen LogP contribution in [0.25, 0.3) is 0 Å². The summed E-state index contributed by atoms with van der Waals surface area (Å²) in [5.74, 6) is -0.297. The molecule has 0 aromatic carbocycles. The summed E-state index contributed by atoms with van der Waals surface area (Å²) in [5, 5.41) is 0. The van der Waals surface area contributed by atoms with Crippen molar-refractivity contribution in [2.24, 2.45) is 11.8 Å². The maximum Gasteiger partial charge on any atom is 0.240 e. The summed E-state index contributed by atoms with van der Waals surface area (Å²) >= 11 is 0. The van der Waals surface area contributed by atoms with Crippen molar-refractivity contribution in [1.82, 2.24) is 9.97 Å². The third-order valence-electron chi connectivity index (χ3n) is 3.59. The van der Waals surface area contributed by atoms with Gasteiger partial charge >= 0.3 is 0 Å². The van der Waals surface area contributed by atoms with Crippen molar-refractivity contribution in [3.05, 3.63) is 18.5 Å². The molecule has 1 saturated heterocycles.